The van der Waals surface area contributed by atoms with Crippen molar-refractivity contribution in [1.29, 1.82) is 5.26 Å². The summed E-state index contributed by atoms with van der Waals surface area (Å²) in [6, 6.07) is 1.22. The van der Waals surface area contributed by atoms with Gasteiger partial charge in [-0.05, 0) is 18.8 Å². The molecule has 0 spiro atoms. The van der Waals surface area contributed by atoms with Gasteiger partial charge in [0, 0.05) is 0 Å². The second-order valence-electron chi connectivity index (χ2n) is 2.61. The molecular weight excluding hydrogens is 166 g/mol. The van der Waals surface area contributed by atoms with Crippen molar-refractivity contribution in [3.8, 4) is 6.07 Å². The summed E-state index contributed by atoms with van der Waals surface area (Å²) >= 11 is 0. The van der Waals surface area contributed by atoms with Crippen LogP contribution in [0.3, 0.4) is 0 Å². The first-order chi connectivity index (χ1) is 5.03. The van der Waals surface area contributed by atoms with Gasteiger partial charge in [-0.15, -0.1) is 0 Å². The Morgan fingerprint density at radius 3 is 2.45 bits per heavy atom. The summed E-state index contributed by atoms with van der Waals surface area (Å²) in [5.41, 5.74) is 0. The van der Waals surface area contributed by atoms with Gasteiger partial charge in [0.05, 0.1) is 6.07 Å². The van der Waals surface area contributed by atoms with Gasteiger partial charge in [-0.3, -0.25) is 0 Å². The van der Waals surface area contributed by atoms with Gasteiger partial charge in [-0.25, -0.2) is 5.14 Å². The average molecular weight is 175 g/mol. The van der Waals surface area contributed by atoms with Crippen molar-refractivity contribution in [2.75, 3.05) is 0 Å². The van der Waals surface area contributed by atoms with Crippen molar-refractivity contribution in [1.82, 2.24) is 4.72 Å². The maximum absolute atomic E-state index is 10.4. The molecule has 1 rings (SSSR count). The molecule has 0 radical (unpaired) electrons. The first kappa shape index (κ1) is 8.46. The van der Waals surface area contributed by atoms with Crippen molar-refractivity contribution in [2.24, 2.45) is 11.1 Å². The molecule has 0 aromatic rings. The van der Waals surface area contributed by atoms with Crippen LogP contribution in [0.15, 0.2) is 0 Å². The largest absolute Gasteiger partial charge is 0.275 e. The van der Waals surface area contributed by atoms with Crippen LogP contribution in [0.25, 0.3) is 0 Å². The minimum atomic E-state index is -3.71. The van der Waals surface area contributed by atoms with E-state index in [1.165, 1.54) is 0 Å². The van der Waals surface area contributed by atoms with Gasteiger partial charge >= 0.3 is 0 Å². The molecule has 0 heterocycles. The van der Waals surface area contributed by atoms with E-state index in [1.807, 2.05) is 6.07 Å². The Bertz CT molecular complexity index is 275. The summed E-state index contributed by atoms with van der Waals surface area (Å²) in [5, 5.41) is 13.2. The minimum absolute atomic E-state index is 0.165. The fourth-order valence-electron chi connectivity index (χ4n) is 0.835. The van der Waals surface area contributed by atoms with Crippen molar-refractivity contribution in [2.45, 2.75) is 18.9 Å². The molecule has 3 N–H and O–H groups in total. The van der Waals surface area contributed by atoms with Crippen LogP contribution in [0.2, 0.25) is 0 Å². The highest BCUT2D eigenvalue weighted by molar-refractivity contribution is 7.87. The summed E-state index contributed by atoms with van der Waals surface area (Å²) < 4.78 is 23.0. The summed E-state index contributed by atoms with van der Waals surface area (Å²) in [5.74, 6) is 0.165. The second-order valence-corrected chi connectivity index (χ2v) is 3.93. The first-order valence-corrected chi connectivity index (χ1v) is 4.77. The van der Waals surface area contributed by atoms with Crippen LogP contribution >= 0.6 is 0 Å². The number of nitrogens with two attached hydrogens (primary N) is 1. The lowest BCUT2D eigenvalue weighted by molar-refractivity contribution is 0.561. The molecule has 0 amide bonds. The van der Waals surface area contributed by atoms with E-state index in [0.29, 0.717) is 0 Å². The van der Waals surface area contributed by atoms with Gasteiger partial charge < -0.3 is 0 Å². The molecule has 1 aliphatic carbocycles. The Morgan fingerprint density at radius 2 is 2.18 bits per heavy atom. The Hall–Kier alpha value is -0.640. The molecule has 0 saturated heterocycles. The van der Waals surface area contributed by atoms with E-state index < -0.39 is 16.3 Å². The molecule has 6 heteroatoms. The lowest BCUT2D eigenvalue weighted by Crippen LogP contribution is -2.39. The molecule has 0 aromatic carbocycles. The van der Waals surface area contributed by atoms with Gasteiger partial charge in [0.15, 0.2) is 0 Å². The predicted octanol–water partition coefficient (Wildman–Crippen LogP) is -0.918. The van der Waals surface area contributed by atoms with E-state index in [2.05, 4.69) is 9.86 Å². The number of nitrogens with one attached hydrogen (secondary N) is 1. The Balaban J connectivity index is 2.52. The van der Waals surface area contributed by atoms with Gasteiger partial charge in [0.1, 0.15) is 6.04 Å². The maximum atomic E-state index is 10.4. The van der Waals surface area contributed by atoms with Crippen molar-refractivity contribution < 1.29 is 8.42 Å². The number of hydrogen-bond donors (Lipinski definition) is 2. The molecule has 1 fully saturated rings. The monoisotopic (exact) mass is 175 g/mol. The van der Waals surface area contributed by atoms with Gasteiger partial charge in [0.25, 0.3) is 10.2 Å². The van der Waals surface area contributed by atoms with E-state index in [4.69, 9.17) is 5.26 Å². The molecule has 1 unspecified atom stereocenters. The van der Waals surface area contributed by atoms with Crippen molar-refractivity contribution in [3.05, 3.63) is 0 Å². The smallest absolute Gasteiger partial charge is 0.216 e. The van der Waals surface area contributed by atoms with E-state index in [1.54, 1.807) is 0 Å². The molecule has 0 aliphatic heterocycles. The summed E-state index contributed by atoms with van der Waals surface area (Å²) in [6.07, 6.45) is 1.81. The molecule has 11 heavy (non-hydrogen) atoms. The molecule has 1 saturated carbocycles. The summed E-state index contributed by atoms with van der Waals surface area (Å²) in [4.78, 5) is 0. The molecular formula is C5H9N3O2S. The SMILES string of the molecule is N#CC(NS(N)(=O)=O)C1CC1. The van der Waals surface area contributed by atoms with Crippen LogP contribution in [0, 0.1) is 17.2 Å². The fraction of sp³-hybridized carbons (Fsp3) is 0.800. The minimum Gasteiger partial charge on any atom is -0.216 e. The van der Waals surface area contributed by atoms with E-state index in [0.717, 1.165) is 12.8 Å². The van der Waals surface area contributed by atoms with Crippen molar-refractivity contribution >= 4 is 10.2 Å². The van der Waals surface area contributed by atoms with Crippen molar-refractivity contribution in [3.63, 3.8) is 0 Å². The lowest BCUT2D eigenvalue weighted by atomic mass is 10.2. The molecule has 1 aliphatic rings. The third kappa shape index (κ3) is 2.84. The zero-order valence-electron chi connectivity index (χ0n) is 5.82. The standard InChI is InChI=1S/C5H9N3O2S/c6-3-5(4-1-2-4)8-11(7,9)10/h4-5,8H,1-2H2,(H2,7,9,10). The normalized spacial score (nSPS) is 20.7. The topological polar surface area (TPSA) is 96.0 Å². The third-order valence-electron chi connectivity index (χ3n) is 1.52. The Morgan fingerprint density at radius 1 is 1.64 bits per heavy atom. The Kier molecular flexibility index (Phi) is 2.13. The van der Waals surface area contributed by atoms with Crippen LogP contribution in [-0.4, -0.2) is 14.5 Å². The lowest BCUT2D eigenvalue weighted by Gasteiger charge is -2.05. The fourth-order valence-corrected chi connectivity index (χ4v) is 1.43. The summed E-state index contributed by atoms with van der Waals surface area (Å²) in [7, 11) is -3.71. The van der Waals surface area contributed by atoms with Crippen LogP contribution in [0.4, 0.5) is 0 Å². The molecule has 62 valence electrons. The van der Waals surface area contributed by atoms with Gasteiger partial charge in [0.2, 0.25) is 0 Å². The zero-order chi connectivity index (χ0) is 8.48. The highest BCUT2D eigenvalue weighted by Gasteiger charge is 2.33. The molecule has 5 nitrogen and oxygen atoms in total. The number of nitriles is 1. The zero-order valence-corrected chi connectivity index (χ0v) is 6.63. The van der Waals surface area contributed by atoms with Gasteiger partial charge in [-0.1, -0.05) is 0 Å². The third-order valence-corrected chi connectivity index (χ3v) is 2.11. The second kappa shape index (κ2) is 2.77. The number of rotatable bonds is 3. The van der Waals surface area contributed by atoms with Crippen LogP contribution in [0.1, 0.15) is 12.8 Å². The quantitative estimate of drug-likeness (QED) is 0.580. The molecule has 1 atom stereocenters. The van der Waals surface area contributed by atoms with Gasteiger partial charge in [-0.2, -0.15) is 18.4 Å². The first-order valence-electron chi connectivity index (χ1n) is 3.22. The van der Waals surface area contributed by atoms with E-state index in [9.17, 15) is 8.42 Å². The molecule has 0 bridgehead atoms. The van der Waals surface area contributed by atoms with Crippen LogP contribution < -0.4 is 9.86 Å². The van der Waals surface area contributed by atoms with Crippen LogP contribution in [0.5, 0.6) is 0 Å². The van der Waals surface area contributed by atoms with Crippen LogP contribution in [-0.2, 0) is 10.2 Å². The maximum Gasteiger partial charge on any atom is 0.275 e. The van der Waals surface area contributed by atoms with E-state index in [-0.39, 0.29) is 5.92 Å². The molecule has 0 aromatic heterocycles. The average Bonchev–Trinajstić information content (AvgIpc) is 2.61. The Labute approximate surface area is 65.4 Å². The highest BCUT2D eigenvalue weighted by Crippen LogP contribution is 2.32. The number of hydrogen-bond acceptors (Lipinski definition) is 3. The van der Waals surface area contributed by atoms with E-state index >= 15 is 0 Å². The number of nitrogens with zero attached hydrogens (tertiary/aromatic N) is 1. The predicted molar refractivity (Wildman–Crippen MR) is 38.4 cm³/mol. The highest BCUT2D eigenvalue weighted by atomic mass is 32.2. The summed E-state index contributed by atoms with van der Waals surface area (Å²) in [6.45, 7) is 0.